The predicted molar refractivity (Wildman–Crippen MR) is 223 cm³/mol. The maximum Gasteiger partial charge on any atom is 0.326 e. The lowest BCUT2D eigenvalue weighted by molar-refractivity contribution is -0.148. The van der Waals surface area contributed by atoms with Gasteiger partial charge in [0.2, 0.25) is 53.2 Å². The van der Waals surface area contributed by atoms with Gasteiger partial charge in [0.25, 0.3) is 0 Å². The molecule has 0 radical (unpaired) electrons. The molecular formula is C38H60N12O11S. The van der Waals surface area contributed by atoms with Crippen molar-refractivity contribution in [2.24, 2.45) is 23.3 Å². The number of aliphatic carboxylic acids is 1. The van der Waals surface area contributed by atoms with E-state index in [9.17, 15) is 53.1 Å². The Morgan fingerprint density at radius 2 is 1.45 bits per heavy atom. The molecule has 3 heterocycles. The highest BCUT2D eigenvalue weighted by Gasteiger charge is 2.44. The average Bonchev–Trinajstić information content (AvgIpc) is 4.02. The first-order valence-electron chi connectivity index (χ1n) is 20.5. The van der Waals surface area contributed by atoms with Gasteiger partial charge in [-0.15, -0.1) is 0 Å². The number of aromatic amines is 1. The molecular weight excluding hydrogens is 833 g/mol. The Hall–Kier alpha value is -5.78. The van der Waals surface area contributed by atoms with Crippen LogP contribution in [-0.4, -0.2) is 158 Å². The van der Waals surface area contributed by atoms with Gasteiger partial charge in [-0.25, -0.2) is 9.78 Å². The number of carboxylic acid groups (broad SMARTS) is 1. The summed E-state index contributed by atoms with van der Waals surface area (Å²) in [7, 11) is 0. The van der Waals surface area contributed by atoms with Gasteiger partial charge in [-0.1, -0.05) is 27.7 Å². The van der Waals surface area contributed by atoms with Gasteiger partial charge >= 0.3 is 5.97 Å². The molecule has 7 atom stereocenters. The molecule has 2 aliphatic heterocycles. The largest absolute Gasteiger partial charge is 0.480 e. The van der Waals surface area contributed by atoms with Crippen LogP contribution in [0.1, 0.15) is 71.9 Å². The second-order valence-corrected chi connectivity index (χ2v) is 16.4. The molecule has 0 aliphatic carbocycles. The van der Waals surface area contributed by atoms with Crippen LogP contribution in [0, 0.1) is 11.8 Å². The highest BCUT2D eigenvalue weighted by atomic mass is 32.1. The highest BCUT2D eigenvalue weighted by molar-refractivity contribution is 7.80. The van der Waals surface area contributed by atoms with Crippen molar-refractivity contribution in [3.63, 3.8) is 0 Å². The van der Waals surface area contributed by atoms with E-state index < -0.39 is 120 Å². The summed E-state index contributed by atoms with van der Waals surface area (Å²) < 4.78 is 0. The molecule has 24 heteroatoms. The van der Waals surface area contributed by atoms with Crippen LogP contribution in [0.2, 0.25) is 0 Å². The van der Waals surface area contributed by atoms with Gasteiger partial charge in [-0.3, -0.25) is 43.2 Å². The van der Waals surface area contributed by atoms with E-state index in [-0.39, 0.29) is 57.0 Å². The van der Waals surface area contributed by atoms with Crippen LogP contribution < -0.4 is 43.4 Å². The lowest BCUT2D eigenvalue weighted by atomic mass is 10.0. The summed E-state index contributed by atoms with van der Waals surface area (Å²) in [6.45, 7) is 6.32. The quantitative estimate of drug-likeness (QED) is 0.0468. The number of aromatic nitrogens is 2. The molecule has 23 nitrogen and oxygen atoms in total. The number of hydrogen-bond acceptors (Lipinski definition) is 13. The number of H-pyrrole nitrogens is 1. The molecule has 3 rings (SSSR count). The van der Waals surface area contributed by atoms with Crippen LogP contribution in [0.5, 0.6) is 0 Å². The summed E-state index contributed by atoms with van der Waals surface area (Å²) >= 11 is 4.24. The number of nitrogens with two attached hydrogens (primary N) is 2. The zero-order valence-corrected chi connectivity index (χ0v) is 36.2. The summed E-state index contributed by atoms with van der Waals surface area (Å²) in [6, 6.07) is -8.53. The van der Waals surface area contributed by atoms with E-state index in [1.54, 1.807) is 13.8 Å². The lowest BCUT2D eigenvalue weighted by Gasteiger charge is -2.33. The van der Waals surface area contributed by atoms with Gasteiger partial charge < -0.3 is 63.3 Å². The van der Waals surface area contributed by atoms with Crippen LogP contribution in [0.3, 0.4) is 0 Å². The van der Waals surface area contributed by atoms with E-state index in [2.05, 4.69) is 54.5 Å². The minimum atomic E-state index is -1.60. The second-order valence-electron chi connectivity index (χ2n) is 16.0. The van der Waals surface area contributed by atoms with Crippen molar-refractivity contribution in [3.8, 4) is 0 Å². The minimum absolute atomic E-state index is 0.0284. The number of primary amides is 1. The summed E-state index contributed by atoms with van der Waals surface area (Å²) in [5, 5.41) is 24.5. The Morgan fingerprint density at radius 1 is 0.823 bits per heavy atom. The minimum Gasteiger partial charge on any atom is -0.480 e. The fourth-order valence-corrected chi connectivity index (χ4v) is 7.45. The number of rotatable bonds is 23. The van der Waals surface area contributed by atoms with Crippen LogP contribution in [0.4, 0.5) is 0 Å². The van der Waals surface area contributed by atoms with Crippen molar-refractivity contribution >= 4 is 71.8 Å². The van der Waals surface area contributed by atoms with Crippen LogP contribution in [-0.2, 0) is 54.4 Å². The van der Waals surface area contributed by atoms with Crippen LogP contribution in [0.15, 0.2) is 12.5 Å². The first-order valence-corrected chi connectivity index (χ1v) is 21.1. The Labute approximate surface area is 364 Å². The summed E-state index contributed by atoms with van der Waals surface area (Å²) in [5.74, 6) is -8.58. The monoisotopic (exact) mass is 892 g/mol. The Morgan fingerprint density at radius 3 is 2.02 bits per heavy atom. The maximum atomic E-state index is 14.1. The van der Waals surface area contributed by atoms with Gasteiger partial charge in [0.1, 0.15) is 42.3 Å². The molecule has 0 bridgehead atoms. The van der Waals surface area contributed by atoms with Crippen LogP contribution in [0.25, 0.3) is 0 Å². The Balaban J connectivity index is 1.70. The molecule has 9 amide bonds. The Bertz CT molecular complexity index is 1800. The van der Waals surface area contributed by atoms with Crippen molar-refractivity contribution in [2.45, 2.75) is 115 Å². The number of nitrogens with one attached hydrogen (secondary N) is 7. The molecule has 62 heavy (non-hydrogen) atoms. The molecule has 0 spiro atoms. The second kappa shape index (κ2) is 24.0. The van der Waals surface area contributed by atoms with E-state index in [0.29, 0.717) is 18.5 Å². The summed E-state index contributed by atoms with van der Waals surface area (Å²) in [5.41, 5.74) is 11.2. The number of imidazole rings is 1. The fourth-order valence-electron chi connectivity index (χ4n) is 7.20. The number of thiol groups is 1. The number of carbonyl (C=O) groups excluding carboxylic acids is 9. The van der Waals surface area contributed by atoms with E-state index in [1.165, 1.54) is 22.3 Å². The molecule has 1 aromatic heterocycles. The molecule has 0 aromatic carbocycles. The molecule has 12 N–H and O–H groups in total. The molecule has 2 fully saturated rings. The molecule has 0 saturated carbocycles. The SMILES string of the molecule is CC(C)C[C@H](NC(=O)CN)C(=O)NCC(=O)N[C@@H](CS)C(=O)N1CCC[C@H]1C(=O)N1CCC[C@H]1C(=O)N[C@@H](CC(N)=O)C(=O)N[C@@H](Cc1cnc[nH]1)C(=O)N[C@H](C(=O)O)C(C)C. The topological polar surface area (TPSA) is 350 Å². The number of amides is 9. The predicted octanol–water partition coefficient (Wildman–Crippen LogP) is -3.98. The van der Waals surface area contributed by atoms with Crippen molar-refractivity contribution in [3.05, 3.63) is 18.2 Å². The zero-order chi connectivity index (χ0) is 46.3. The smallest absolute Gasteiger partial charge is 0.326 e. The van der Waals surface area contributed by atoms with Crippen LogP contribution >= 0.6 is 12.6 Å². The third-order valence-electron chi connectivity index (χ3n) is 10.3. The van der Waals surface area contributed by atoms with E-state index in [1.807, 2.05) is 13.8 Å². The molecule has 0 unspecified atom stereocenters. The molecule has 2 aliphatic rings. The van der Waals surface area contributed by atoms with Gasteiger partial charge in [0, 0.05) is 37.2 Å². The zero-order valence-electron chi connectivity index (χ0n) is 35.3. The molecule has 344 valence electrons. The normalized spacial score (nSPS) is 18.5. The lowest BCUT2D eigenvalue weighted by Crippen LogP contribution is -2.60. The first kappa shape index (κ1) is 50.6. The highest BCUT2D eigenvalue weighted by Crippen LogP contribution is 2.26. The fraction of sp³-hybridized carbons (Fsp3) is 0.658. The molecule has 2 saturated heterocycles. The standard InChI is InChI=1S/C38H60N12O11S/c1-19(2)11-22(44-29(52)14-39)32(54)42-16-30(53)45-25(17-62)36(58)50-10-6-8-27(50)37(59)49-9-5-7-26(49)35(57)47-24(13-28(40)51)33(55)46-23(12-21-15-41-18-43-21)34(56)48-31(20(3)4)38(60)61/h15,18-20,22-27,31,62H,5-14,16-17,39H2,1-4H3,(H2,40,51)(H,41,43)(H,42,54)(H,44,52)(H,45,53)(H,46,55)(H,47,57)(H,48,56)(H,60,61)/t22-,23-,24-,25-,26-,27-,31-/m0/s1. The summed E-state index contributed by atoms with van der Waals surface area (Å²) in [4.78, 5) is 139. The Kier molecular flexibility index (Phi) is 19.6. The first-order chi connectivity index (χ1) is 29.3. The number of hydrogen-bond donors (Lipinski definition) is 11. The maximum absolute atomic E-state index is 14.1. The number of nitrogens with zero attached hydrogens (tertiary/aromatic N) is 3. The third-order valence-corrected chi connectivity index (χ3v) is 10.7. The van der Waals surface area contributed by atoms with Gasteiger partial charge in [0.05, 0.1) is 25.8 Å². The van der Waals surface area contributed by atoms with Crippen molar-refractivity contribution in [1.29, 1.82) is 0 Å². The van der Waals surface area contributed by atoms with E-state index >= 15 is 0 Å². The van der Waals surface area contributed by atoms with Gasteiger partial charge in [-0.05, 0) is 43.9 Å². The van der Waals surface area contributed by atoms with Gasteiger partial charge in [-0.2, -0.15) is 12.6 Å². The number of carbonyl (C=O) groups is 10. The van der Waals surface area contributed by atoms with E-state index in [4.69, 9.17) is 11.5 Å². The average molecular weight is 893 g/mol. The van der Waals surface area contributed by atoms with Crippen molar-refractivity contribution < 1.29 is 53.1 Å². The molecule has 1 aromatic rings. The summed E-state index contributed by atoms with van der Waals surface area (Å²) in [6.07, 6.45) is 3.41. The van der Waals surface area contributed by atoms with E-state index in [0.717, 1.165) is 0 Å². The number of carboxylic acids is 1. The van der Waals surface area contributed by atoms with Crippen molar-refractivity contribution in [1.82, 2.24) is 51.7 Å². The van der Waals surface area contributed by atoms with Crippen molar-refractivity contribution in [2.75, 3.05) is 31.9 Å². The van der Waals surface area contributed by atoms with Gasteiger partial charge in [0.15, 0.2) is 0 Å². The number of likely N-dealkylation sites (tertiary alicyclic amines) is 2. The third kappa shape index (κ3) is 14.7.